The van der Waals surface area contributed by atoms with Gasteiger partial charge in [-0.15, -0.1) is 0 Å². The molecule has 1 aromatic carbocycles. The number of rotatable bonds is 0. The summed E-state index contributed by atoms with van der Waals surface area (Å²) in [6, 6.07) is 7.57. The van der Waals surface area contributed by atoms with Gasteiger partial charge >= 0.3 is 68.8 Å². The Bertz CT molecular complexity index is 283. The van der Waals surface area contributed by atoms with Crippen LogP contribution in [0.15, 0.2) is 24.3 Å². The summed E-state index contributed by atoms with van der Waals surface area (Å²) >= 11 is -0.632. The van der Waals surface area contributed by atoms with Crippen LogP contribution in [0.4, 0.5) is 0 Å². The Balaban J connectivity index is 2.61. The molecule has 0 radical (unpaired) electrons. The van der Waals surface area contributed by atoms with Crippen LogP contribution < -0.4 is 0 Å². The van der Waals surface area contributed by atoms with Crippen molar-refractivity contribution in [1.82, 2.24) is 0 Å². The third-order valence-electron chi connectivity index (χ3n) is 1.31. The monoisotopic (exact) mass is 248 g/mol. The second-order valence-corrected chi connectivity index (χ2v) is 4.16. The minimum absolute atomic E-state index is 0.141. The molecule has 10 heavy (non-hydrogen) atoms. The molecule has 0 amide bonds. The van der Waals surface area contributed by atoms with Gasteiger partial charge in [0, 0.05) is 0 Å². The normalized spacial score (nSPS) is 15.4. The molecule has 0 N–H and O–H groups in total. The van der Waals surface area contributed by atoms with Gasteiger partial charge in [0.1, 0.15) is 0 Å². The van der Waals surface area contributed by atoms with Crippen LogP contribution >= 0.6 is 21.6 Å². The van der Waals surface area contributed by atoms with Gasteiger partial charge in [-0.1, -0.05) is 0 Å². The second-order valence-electron chi connectivity index (χ2n) is 1.95. The first kappa shape index (κ1) is 6.15. The third kappa shape index (κ3) is 0.811. The van der Waals surface area contributed by atoms with Gasteiger partial charge in [0.2, 0.25) is 0 Å². The van der Waals surface area contributed by atoms with Crippen molar-refractivity contribution in [3.63, 3.8) is 0 Å². The van der Waals surface area contributed by atoms with Gasteiger partial charge in [0.05, 0.1) is 0 Å². The number of carbonyl (C=O) groups excluding carboxylic acids is 1. The minimum atomic E-state index is -0.632. The Morgan fingerprint density at radius 2 is 2.10 bits per heavy atom. The van der Waals surface area contributed by atoms with E-state index in [0.717, 1.165) is 9.13 Å². The fourth-order valence-corrected chi connectivity index (χ4v) is 2.64. The number of hydrogen-bond acceptors (Lipinski definition) is 2. The molecule has 0 bridgehead atoms. The summed E-state index contributed by atoms with van der Waals surface area (Å²) in [5.74, 6) is -0.141. The molecular weight excluding hydrogens is 243 g/mol. The zero-order valence-electron chi connectivity index (χ0n) is 5.03. The summed E-state index contributed by atoms with van der Waals surface area (Å²) in [5, 5.41) is 0. The van der Waals surface area contributed by atoms with Gasteiger partial charge in [-0.05, 0) is 0 Å². The van der Waals surface area contributed by atoms with E-state index in [9.17, 15) is 4.79 Å². The van der Waals surface area contributed by atoms with Crippen LogP contribution in [0.1, 0.15) is 10.4 Å². The van der Waals surface area contributed by atoms with Crippen LogP contribution in [0.5, 0.6) is 0 Å². The van der Waals surface area contributed by atoms with Crippen LogP contribution in [0, 0.1) is 3.57 Å². The van der Waals surface area contributed by atoms with Gasteiger partial charge < -0.3 is 0 Å². The first-order valence-corrected chi connectivity index (χ1v) is 4.97. The Hall–Kier alpha value is -0.580. The van der Waals surface area contributed by atoms with Crippen LogP contribution in [0.2, 0.25) is 0 Å². The van der Waals surface area contributed by atoms with Crippen molar-refractivity contribution in [2.24, 2.45) is 0 Å². The molecule has 0 fully saturated rings. The standard InChI is InChI=1S/C7H5IO2/c9-7-5-3-1-2-4-6(5)8-10-7/h1-4,8H. The molecule has 1 aliphatic rings. The quantitative estimate of drug-likeness (QED) is 0.652. The number of fused-ring (bicyclic) bond motifs is 1. The fraction of sp³-hybridized carbons (Fsp3) is 0. The second kappa shape index (κ2) is 2.23. The SMILES string of the molecule is O=C1O[IH]c2ccccc21. The fourth-order valence-electron chi connectivity index (χ4n) is 0.836. The van der Waals surface area contributed by atoms with Crippen molar-refractivity contribution in [3.8, 4) is 0 Å². The van der Waals surface area contributed by atoms with Crippen molar-refractivity contribution < 1.29 is 7.86 Å². The number of halogens is 1. The van der Waals surface area contributed by atoms with Gasteiger partial charge in [-0.25, -0.2) is 0 Å². The van der Waals surface area contributed by atoms with Crippen LogP contribution in [0.3, 0.4) is 0 Å². The predicted octanol–water partition coefficient (Wildman–Crippen LogP) is 1.64. The summed E-state index contributed by atoms with van der Waals surface area (Å²) in [7, 11) is 0. The van der Waals surface area contributed by atoms with Crippen molar-refractivity contribution in [2.45, 2.75) is 0 Å². The number of benzene rings is 1. The predicted molar refractivity (Wildman–Crippen MR) is 46.0 cm³/mol. The van der Waals surface area contributed by atoms with E-state index in [4.69, 9.17) is 3.07 Å². The first-order valence-electron chi connectivity index (χ1n) is 2.86. The van der Waals surface area contributed by atoms with E-state index in [1.54, 1.807) is 0 Å². The molecule has 0 saturated carbocycles. The summed E-state index contributed by atoms with van der Waals surface area (Å²) < 4.78 is 6.04. The molecule has 2 nitrogen and oxygen atoms in total. The van der Waals surface area contributed by atoms with E-state index in [0.29, 0.717) is 0 Å². The van der Waals surface area contributed by atoms with Crippen LogP contribution in [-0.2, 0) is 3.07 Å². The van der Waals surface area contributed by atoms with Crippen LogP contribution in [0.25, 0.3) is 0 Å². The molecule has 0 unspecified atom stereocenters. The maximum absolute atomic E-state index is 10.9. The zero-order chi connectivity index (χ0) is 6.97. The average molecular weight is 248 g/mol. The van der Waals surface area contributed by atoms with Gasteiger partial charge in [-0.2, -0.15) is 0 Å². The summed E-state index contributed by atoms with van der Waals surface area (Å²) in [6.07, 6.45) is 0. The first-order chi connectivity index (χ1) is 4.88. The Labute approximate surface area is 69.0 Å². The molecule has 0 aliphatic carbocycles. The Morgan fingerprint density at radius 3 is 2.90 bits per heavy atom. The van der Waals surface area contributed by atoms with Crippen LogP contribution in [-0.4, -0.2) is 5.97 Å². The van der Waals surface area contributed by atoms with Gasteiger partial charge in [0.25, 0.3) is 0 Å². The Morgan fingerprint density at radius 1 is 1.30 bits per heavy atom. The Kier molecular flexibility index (Phi) is 1.37. The van der Waals surface area contributed by atoms with Crippen molar-refractivity contribution >= 4 is 27.6 Å². The summed E-state index contributed by atoms with van der Waals surface area (Å²) in [6.45, 7) is 0. The van der Waals surface area contributed by atoms with Crippen molar-refractivity contribution in [3.05, 3.63) is 33.4 Å². The molecule has 52 valence electrons. The molecule has 3 heteroatoms. The van der Waals surface area contributed by atoms with E-state index >= 15 is 0 Å². The van der Waals surface area contributed by atoms with Crippen molar-refractivity contribution in [1.29, 1.82) is 0 Å². The average Bonchev–Trinajstić information content (AvgIpc) is 2.34. The summed E-state index contributed by atoms with van der Waals surface area (Å²) in [5.41, 5.74) is 0.768. The molecule has 0 saturated heterocycles. The van der Waals surface area contributed by atoms with E-state index < -0.39 is 21.6 Å². The molecule has 2 rings (SSSR count). The van der Waals surface area contributed by atoms with E-state index in [-0.39, 0.29) is 5.97 Å². The van der Waals surface area contributed by atoms with E-state index in [1.165, 1.54) is 0 Å². The van der Waals surface area contributed by atoms with E-state index in [2.05, 4.69) is 0 Å². The summed E-state index contributed by atoms with van der Waals surface area (Å²) in [4.78, 5) is 10.9. The maximum atomic E-state index is 10.9. The van der Waals surface area contributed by atoms with Gasteiger partial charge in [-0.3, -0.25) is 0 Å². The molecule has 1 aromatic rings. The topological polar surface area (TPSA) is 26.3 Å². The van der Waals surface area contributed by atoms with Crippen molar-refractivity contribution in [2.75, 3.05) is 0 Å². The molecular formula is C7H5IO2. The van der Waals surface area contributed by atoms with Gasteiger partial charge in [0.15, 0.2) is 0 Å². The molecule has 0 aromatic heterocycles. The molecule has 0 spiro atoms. The number of carbonyl (C=O) groups is 1. The molecule has 1 aliphatic heterocycles. The molecule has 1 heterocycles. The zero-order valence-corrected chi connectivity index (χ0v) is 7.36. The third-order valence-corrected chi connectivity index (χ3v) is 3.51. The number of hydrogen-bond donors (Lipinski definition) is 0. The molecule has 0 atom stereocenters. The van der Waals surface area contributed by atoms with E-state index in [1.807, 2.05) is 24.3 Å².